The number of amides is 1. The molecule has 3 N–H and O–H groups in total. The van der Waals surface area contributed by atoms with E-state index in [0.29, 0.717) is 5.69 Å². The Morgan fingerprint density at radius 3 is 1.76 bits per heavy atom. The van der Waals surface area contributed by atoms with Gasteiger partial charge in [0.05, 0.1) is 0 Å². The highest BCUT2D eigenvalue weighted by molar-refractivity contribution is 5.84. The summed E-state index contributed by atoms with van der Waals surface area (Å²) in [5, 5.41) is 2.78. The maximum atomic E-state index is 12.0. The van der Waals surface area contributed by atoms with Gasteiger partial charge in [0.15, 0.2) is 0 Å². The van der Waals surface area contributed by atoms with Gasteiger partial charge >= 0.3 is 6.09 Å². The van der Waals surface area contributed by atoms with Crippen LogP contribution in [-0.4, -0.2) is 11.7 Å². The molecule has 0 aliphatic carbocycles. The highest BCUT2D eigenvalue weighted by atomic mass is 16.6. The van der Waals surface area contributed by atoms with Crippen molar-refractivity contribution in [1.29, 1.82) is 0 Å². The summed E-state index contributed by atoms with van der Waals surface area (Å²) in [6, 6.07) is 24.4. The van der Waals surface area contributed by atoms with Crippen molar-refractivity contribution in [3.8, 4) is 0 Å². The molecule has 0 radical (unpaired) electrons. The number of nitrogen functional groups attached to an aromatic ring is 1. The molecule has 3 rings (SSSR count). The molecule has 0 aliphatic rings. The third kappa shape index (κ3) is 5.61. The number of rotatable bonds is 4. The van der Waals surface area contributed by atoms with Crippen LogP contribution in [0.5, 0.6) is 0 Å². The average Bonchev–Trinajstić information content (AvgIpc) is 2.65. The molecule has 3 aromatic carbocycles. The molecular formula is C25H28N2O2. The third-order valence-electron chi connectivity index (χ3n) is 4.57. The lowest BCUT2D eigenvalue weighted by atomic mass is 9.85. The Balaban J connectivity index is 1.89. The summed E-state index contributed by atoms with van der Waals surface area (Å²) >= 11 is 0. The summed E-state index contributed by atoms with van der Waals surface area (Å²) in [6.07, 6.45) is -0.459. The first-order chi connectivity index (χ1) is 13.7. The van der Waals surface area contributed by atoms with Crippen LogP contribution in [0.2, 0.25) is 0 Å². The Kier molecular flexibility index (Phi) is 5.92. The smallest absolute Gasteiger partial charge is 0.412 e. The van der Waals surface area contributed by atoms with Gasteiger partial charge in [-0.1, -0.05) is 54.1 Å². The number of carbonyl (C=O) groups is 1. The lowest BCUT2D eigenvalue weighted by Crippen LogP contribution is -2.27. The van der Waals surface area contributed by atoms with Crippen molar-refractivity contribution in [3.63, 3.8) is 0 Å². The van der Waals surface area contributed by atoms with Gasteiger partial charge in [-0.2, -0.15) is 0 Å². The molecule has 0 aliphatic heterocycles. The number of anilines is 2. The van der Waals surface area contributed by atoms with Gasteiger partial charge in [-0.3, -0.25) is 5.32 Å². The largest absolute Gasteiger partial charge is 0.444 e. The van der Waals surface area contributed by atoms with Crippen molar-refractivity contribution in [3.05, 3.63) is 95.1 Å². The van der Waals surface area contributed by atoms with E-state index in [0.717, 1.165) is 16.8 Å². The van der Waals surface area contributed by atoms with Gasteiger partial charge in [0.25, 0.3) is 0 Å². The van der Waals surface area contributed by atoms with E-state index in [2.05, 4.69) is 48.6 Å². The molecule has 0 saturated heterocycles. The van der Waals surface area contributed by atoms with Gasteiger partial charge in [0, 0.05) is 17.3 Å². The SMILES string of the molecule is Cc1ccc(C(c2ccc(N)cc2)c2ccc(NC(=O)OC(C)(C)C)cc2)cc1. The van der Waals surface area contributed by atoms with Crippen molar-refractivity contribution in [2.75, 3.05) is 11.1 Å². The van der Waals surface area contributed by atoms with E-state index in [-0.39, 0.29) is 5.92 Å². The Bertz CT molecular complexity index is 908. The molecular weight excluding hydrogens is 360 g/mol. The summed E-state index contributed by atoms with van der Waals surface area (Å²) in [5.74, 6) is 0.0757. The fraction of sp³-hybridized carbons (Fsp3) is 0.240. The first-order valence-corrected chi connectivity index (χ1v) is 9.73. The van der Waals surface area contributed by atoms with Gasteiger partial charge < -0.3 is 10.5 Å². The number of benzene rings is 3. The van der Waals surface area contributed by atoms with Gasteiger partial charge in [-0.05, 0) is 68.7 Å². The fourth-order valence-corrected chi connectivity index (χ4v) is 3.21. The van der Waals surface area contributed by atoms with Crippen molar-refractivity contribution in [2.24, 2.45) is 0 Å². The van der Waals surface area contributed by atoms with Gasteiger partial charge in [-0.25, -0.2) is 4.79 Å². The van der Waals surface area contributed by atoms with Crippen molar-refractivity contribution in [2.45, 2.75) is 39.2 Å². The van der Waals surface area contributed by atoms with Crippen LogP contribution < -0.4 is 11.1 Å². The molecule has 4 nitrogen and oxygen atoms in total. The normalized spacial score (nSPS) is 12.3. The molecule has 29 heavy (non-hydrogen) atoms. The Hall–Kier alpha value is -3.27. The minimum atomic E-state index is -0.532. The predicted molar refractivity (Wildman–Crippen MR) is 119 cm³/mol. The van der Waals surface area contributed by atoms with Crippen molar-refractivity contribution >= 4 is 17.5 Å². The van der Waals surface area contributed by atoms with Crippen molar-refractivity contribution in [1.82, 2.24) is 0 Å². The Labute approximate surface area is 172 Å². The number of nitrogens with two attached hydrogens (primary N) is 1. The Morgan fingerprint density at radius 2 is 1.28 bits per heavy atom. The molecule has 3 aromatic rings. The fourth-order valence-electron chi connectivity index (χ4n) is 3.21. The summed E-state index contributed by atoms with van der Waals surface area (Å²) in [7, 11) is 0. The lowest BCUT2D eigenvalue weighted by Gasteiger charge is -2.21. The lowest BCUT2D eigenvalue weighted by molar-refractivity contribution is 0.0636. The summed E-state index contributed by atoms with van der Waals surface area (Å²) in [5.41, 5.74) is 11.5. The highest BCUT2D eigenvalue weighted by Crippen LogP contribution is 2.33. The second kappa shape index (κ2) is 8.39. The van der Waals surface area contributed by atoms with Crippen LogP contribution >= 0.6 is 0 Å². The number of hydrogen-bond donors (Lipinski definition) is 2. The molecule has 0 fully saturated rings. The minimum absolute atomic E-state index is 0.0757. The molecule has 1 atom stereocenters. The van der Waals surface area contributed by atoms with E-state index >= 15 is 0 Å². The van der Waals surface area contributed by atoms with Gasteiger partial charge in [0.1, 0.15) is 5.60 Å². The maximum absolute atomic E-state index is 12.0. The topological polar surface area (TPSA) is 64.3 Å². The average molecular weight is 389 g/mol. The van der Waals surface area contributed by atoms with Crippen LogP contribution in [0.4, 0.5) is 16.2 Å². The summed E-state index contributed by atoms with van der Waals surface area (Å²) < 4.78 is 5.32. The number of ether oxygens (including phenoxy) is 1. The van der Waals surface area contributed by atoms with E-state index < -0.39 is 11.7 Å². The molecule has 1 amide bonds. The van der Waals surface area contributed by atoms with E-state index in [9.17, 15) is 4.79 Å². The summed E-state index contributed by atoms with van der Waals surface area (Å²) in [4.78, 5) is 12.0. The molecule has 0 heterocycles. The highest BCUT2D eigenvalue weighted by Gasteiger charge is 2.18. The first kappa shape index (κ1) is 20.5. The van der Waals surface area contributed by atoms with Crippen LogP contribution in [0.1, 0.15) is 48.9 Å². The minimum Gasteiger partial charge on any atom is -0.444 e. The van der Waals surface area contributed by atoms with Crippen LogP contribution in [0, 0.1) is 6.92 Å². The van der Waals surface area contributed by atoms with Crippen LogP contribution in [0.25, 0.3) is 0 Å². The van der Waals surface area contributed by atoms with E-state index in [1.165, 1.54) is 11.1 Å². The maximum Gasteiger partial charge on any atom is 0.412 e. The Morgan fingerprint density at radius 1 is 0.828 bits per heavy atom. The summed E-state index contributed by atoms with van der Waals surface area (Å²) in [6.45, 7) is 7.61. The molecule has 0 spiro atoms. The number of carbonyl (C=O) groups excluding carboxylic acids is 1. The van der Waals surface area contributed by atoms with Crippen LogP contribution in [0.15, 0.2) is 72.8 Å². The predicted octanol–water partition coefficient (Wildman–Crippen LogP) is 6.10. The zero-order chi connectivity index (χ0) is 21.0. The van der Waals surface area contributed by atoms with E-state index in [1.54, 1.807) is 0 Å². The zero-order valence-electron chi connectivity index (χ0n) is 17.4. The zero-order valence-corrected chi connectivity index (χ0v) is 17.4. The van der Waals surface area contributed by atoms with Crippen LogP contribution in [0.3, 0.4) is 0 Å². The number of hydrogen-bond acceptors (Lipinski definition) is 3. The second-order valence-electron chi connectivity index (χ2n) is 8.26. The molecule has 0 aromatic heterocycles. The monoisotopic (exact) mass is 388 g/mol. The molecule has 4 heteroatoms. The quantitative estimate of drug-likeness (QED) is 0.419. The van der Waals surface area contributed by atoms with Gasteiger partial charge in [0.2, 0.25) is 0 Å². The van der Waals surface area contributed by atoms with Crippen molar-refractivity contribution < 1.29 is 9.53 Å². The third-order valence-corrected chi connectivity index (χ3v) is 4.57. The molecule has 1 unspecified atom stereocenters. The van der Waals surface area contributed by atoms with Gasteiger partial charge in [-0.15, -0.1) is 0 Å². The molecule has 0 saturated carbocycles. The number of nitrogens with one attached hydrogen (secondary N) is 1. The number of aryl methyl sites for hydroxylation is 1. The van der Waals surface area contributed by atoms with E-state index in [4.69, 9.17) is 10.5 Å². The standard InChI is InChI=1S/C25H28N2O2/c1-17-5-7-18(8-6-17)23(19-9-13-21(26)14-10-19)20-11-15-22(16-12-20)27-24(28)29-25(2,3)4/h5-16,23H,26H2,1-4H3,(H,27,28). The molecule has 150 valence electrons. The molecule has 0 bridgehead atoms. The van der Waals surface area contributed by atoms with Crippen LogP contribution in [-0.2, 0) is 4.74 Å². The first-order valence-electron chi connectivity index (χ1n) is 9.73. The second-order valence-corrected chi connectivity index (χ2v) is 8.26. The van der Waals surface area contributed by atoms with E-state index in [1.807, 2.05) is 57.2 Å².